The van der Waals surface area contributed by atoms with Crippen LogP contribution in [0.3, 0.4) is 0 Å². The highest BCUT2D eigenvalue weighted by atomic mass is 32.2. The predicted octanol–water partition coefficient (Wildman–Crippen LogP) is 2.28. The van der Waals surface area contributed by atoms with E-state index in [2.05, 4.69) is 11.2 Å². The van der Waals surface area contributed by atoms with Crippen LogP contribution in [0.5, 0.6) is 0 Å². The molecule has 1 N–H and O–H groups in total. The molecule has 0 saturated carbocycles. The van der Waals surface area contributed by atoms with Gasteiger partial charge in [-0.1, -0.05) is 26.7 Å². The molecule has 4 nitrogen and oxygen atoms in total. The van der Waals surface area contributed by atoms with Gasteiger partial charge in [-0.15, -0.1) is 17.8 Å². The van der Waals surface area contributed by atoms with E-state index in [0.29, 0.717) is 24.0 Å². The fraction of sp³-hybridized carbons (Fsp3) is 0.571. The summed E-state index contributed by atoms with van der Waals surface area (Å²) < 4.78 is 26.7. The molecule has 20 heavy (non-hydrogen) atoms. The lowest BCUT2D eigenvalue weighted by atomic mass is 10.4. The number of nitrogens with one attached hydrogen (secondary N) is 1. The molecule has 1 heterocycles. The second kappa shape index (κ2) is 7.79. The summed E-state index contributed by atoms with van der Waals surface area (Å²) in [5.74, 6) is 2.42. The first-order valence-electron chi connectivity index (χ1n) is 6.66. The van der Waals surface area contributed by atoms with Crippen LogP contribution < -0.4 is 5.32 Å². The van der Waals surface area contributed by atoms with E-state index in [1.165, 1.54) is 15.6 Å². The fourth-order valence-corrected chi connectivity index (χ4v) is 4.57. The maximum atomic E-state index is 12.6. The molecule has 0 radical (unpaired) electrons. The largest absolute Gasteiger partial charge is 0.310 e. The molecular formula is C14H22N2O2S2. The molecule has 0 aromatic carbocycles. The Balaban J connectivity index is 3.02. The molecule has 112 valence electrons. The molecule has 0 spiro atoms. The van der Waals surface area contributed by atoms with E-state index in [9.17, 15) is 8.42 Å². The van der Waals surface area contributed by atoms with E-state index >= 15 is 0 Å². The van der Waals surface area contributed by atoms with Crippen molar-refractivity contribution in [3.63, 3.8) is 0 Å². The van der Waals surface area contributed by atoms with Gasteiger partial charge in [0.1, 0.15) is 0 Å². The Hall–Kier alpha value is -0.870. The van der Waals surface area contributed by atoms with Crippen molar-refractivity contribution in [1.29, 1.82) is 0 Å². The third-order valence-corrected chi connectivity index (χ3v) is 5.71. The van der Waals surface area contributed by atoms with Crippen LogP contribution in [0.1, 0.15) is 32.1 Å². The van der Waals surface area contributed by atoms with E-state index in [-0.39, 0.29) is 6.54 Å². The van der Waals surface area contributed by atoms with E-state index in [4.69, 9.17) is 6.42 Å². The third kappa shape index (κ3) is 4.32. The van der Waals surface area contributed by atoms with Gasteiger partial charge in [-0.3, -0.25) is 0 Å². The second-order valence-corrected chi connectivity index (χ2v) is 7.69. The molecule has 0 unspecified atom stereocenters. The van der Waals surface area contributed by atoms with Gasteiger partial charge in [0.05, 0.1) is 11.4 Å². The van der Waals surface area contributed by atoms with Crippen LogP contribution in [-0.4, -0.2) is 31.9 Å². The maximum Gasteiger partial charge on any atom is 0.245 e. The van der Waals surface area contributed by atoms with Crippen molar-refractivity contribution < 1.29 is 8.42 Å². The molecular weight excluding hydrogens is 292 g/mol. The Morgan fingerprint density at radius 1 is 1.50 bits per heavy atom. The second-order valence-electron chi connectivity index (χ2n) is 4.79. The van der Waals surface area contributed by atoms with E-state index in [1.54, 1.807) is 6.07 Å². The first kappa shape index (κ1) is 17.2. The van der Waals surface area contributed by atoms with E-state index < -0.39 is 10.0 Å². The van der Waals surface area contributed by atoms with Crippen LogP contribution in [0, 0.1) is 12.3 Å². The molecule has 6 heteroatoms. The molecule has 0 aliphatic heterocycles. The third-order valence-electron chi connectivity index (χ3n) is 2.73. The molecule has 0 amide bonds. The predicted molar refractivity (Wildman–Crippen MR) is 84.2 cm³/mol. The van der Waals surface area contributed by atoms with E-state index in [0.717, 1.165) is 11.3 Å². The summed E-state index contributed by atoms with van der Waals surface area (Å²) in [6.07, 6.45) is 6.02. The summed E-state index contributed by atoms with van der Waals surface area (Å²) in [5.41, 5.74) is 0. The Morgan fingerprint density at radius 3 is 2.75 bits per heavy atom. The van der Waals surface area contributed by atoms with Crippen LogP contribution in [0.15, 0.2) is 16.3 Å². The van der Waals surface area contributed by atoms with Crippen molar-refractivity contribution in [2.75, 3.05) is 13.1 Å². The van der Waals surface area contributed by atoms with Crippen LogP contribution in [0.25, 0.3) is 0 Å². The Bertz CT molecular complexity index is 556. The average molecular weight is 314 g/mol. The van der Waals surface area contributed by atoms with Crippen LogP contribution in [0.4, 0.5) is 0 Å². The summed E-state index contributed by atoms with van der Waals surface area (Å²) in [7, 11) is -3.50. The van der Waals surface area contributed by atoms with Gasteiger partial charge in [-0.2, -0.15) is 4.31 Å². The zero-order chi connectivity index (χ0) is 15.2. The number of hydrogen-bond donors (Lipinski definition) is 1. The van der Waals surface area contributed by atoms with Gasteiger partial charge in [0.15, 0.2) is 0 Å². The molecule has 0 fully saturated rings. The highest BCUT2D eigenvalue weighted by Gasteiger charge is 2.26. The summed E-state index contributed by atoms with van der Waals surface area (Å²) in [5, 5.41) is 5.06. The molecule has 0 saturated heterocycles. The molecule has 0 bridgehead atoms. The number of thiophene rings is 1. The van der Waals surface area contributed by atoms with Gasteiger partial charge in [0.2, 0.25) is 10.0 Å². The molecule has 0 aliphatic rings. The van der Waals surface area contributed by atoms with Crippen molar-refractivity contribution >= 4 is 21.4 Å². The molecule has 1 rings (SSSR count). The van der Waals surface area contributed by atoms with Crippen molar-refractivity contribution in [3.8, 4) is 12.3 Å². The molecule has 0 aliphatic carbocycles. The number of hydrogen-bond acceptors (Lipinski definition) is 4. The van der Waals surface area contributed by atoms with Crippen molar-refractivity contribution in [3.05, 3.63) is 16.3 Å². The monoisotopic (exact) mass is 314 g/mol. The SMILES string of the molecule is C#CCN(CCC)S(=O)(=O)c1ccsc1CNC(C)C. The minimum absolute atomic E-state index is 0.114. The fourth-order valence-electron chi connectivity index (χ4n) is 1.76. The number of nitrogens with zero attached hydrogens (tertiary/aromatic N) is 1. The smallest absolute Gasteiger partial charge is 0.245 e. The molecule has 1 aromatic heterocycles. The van der Waals surface area contributed by atoms with E-state index in [1.807, 2.05) is 26.2 Å². The topological polar surface area (TPSA) is 49.4 Å². The standard InChI is InChI=1S/C14H22N2O2S2/c1-5-8-16(9-6-2)20(17,18)14-7-10-19-13(14)11-15-12(3)4/h1,7,10,12,15H,6,8-9,11H2,2-4H3. The Labute approximate surface area is 126 Å². The Kier molecular flexibility index (Phi) is 6.69. The maximum absolute atomic E-state index is 12.6. The number of rotatable bonds is 8. The summed E-state index contributed by atoms with van der Waals surface area (Å²) in [6.45, 7) is 7.11. The first-order valence-corrected chi connectivity index (χ1v) is 8.98. The minimum atomic E-state index is -3.50. The number of sulfonamides is 1. The van der Waals surface area contributed by atoms with Crippen molar-refractivity contribution in [1.82, 2.24) is 9.62 Å². The zero-order valence-corrected chi connectivity index (χ0v) is 13.9. The average Bonchev–Trinajstić information content (AvgIpc) is 2.85. The minimum Gasteiger partial charge on any atom is -0.310 e. The summed E-state index contributed by atoms with van der Waals surface area (Å²) in [6, 6.07) is 1.97. The highest BCUT2D eigenvalue weighted by molar-refractivity contribution is 7.89. The van der Waals surface area contributed by atoms with Gasteiger partial charge in [-0.05, 0) is 17.9 Å². The quantitative estimate of drug-likeness (QED) is 0.749. The lowest BCUT2D eigenvalue weighted by Crippen LogP contribution is -2.33. The molecule has 1 aromatic rings. The van der Waals surface area contributed by atoms with Crippen LogP contribution >= 0.6 is 11.3 Å². The molecule has 0 atom stereocenters. The normalized spacial score (nSPS) is 12.0. The highest BCUT2D eigenvalue weighted by Crippen LogP contribution is 2.25. The summed E-state index contributed by atoms with van der Waals surface area (Å²) in [4.78, 5) is 1.20. The Morgan fingerprint density at radius 2 is 2.20 bits per heavy atom. The van der Waals surface area contributed by atoms with Crippen LogP contribution in [0.2, 0.25) is 0 Å². The van der Waals surface area contributed by atoms with Gasteiger partial charge < -0.3 is 5.32 Å². The lowest BCUT2D eigenvalue weighted by Gasteiger charge is -2.19. The first-order chi connectivity index (χ1) is 9.43. The lowest BCUT2D eigenvalue weighted by molar-refractivity contribution is 0.445. The zero-order valence-electron chi connectivity index (χ0n) is 12.2. The van der Waals surface area contributed by atoms with Gasteiger partial charge in [-0.25, -0.2) is 8.42 Å². The van der Waals surface area contributed by atoms with Gasteiger partial charge in [0, 0.05) is 24.0 Å². The van der Waals surface area contributed by atoms with Gasteiger partial charge >= 0.3 is 0 Å². The van der Waals surface area contributed by atoms with Gasteiger partial charge in [0.25, 0.3) is 0 Å². The van der Waals surface area contributed by atoms with Crippen LogP contribution in [-0.2, 0) is 16.6 Å². The number of terminal acetylenes is 1. The van der Waals surface area contributed by atoms with Crippen molar-refractivity contribution in [2.24, 2.45) is 0 Å². The summed E-state index contributed by atoms with van der Waals surface area (Å²) >= 11 is 1.45. The van der Waals surface area contributed by atoms with Crippen molar-refractivity contribution in [2.45, 2.75) is 44.7 Å².